The first kappa shape index (κ1) is 23.8. The van der Waals surface area contributed by atoms with E-state index in [4.69, 9.17) is 16.3 Å². The highest BCUT2D eigenvalue weighted by Gasteiger charge is 2.33. The molecule has 1 N–H and O–H groups in total. The van der Waals surface area contributed by atoms with Crippen molar-refractivity contribution < 1.29 is 23.4 Å². The number of benzene rings is 2. The lowest BCUT2D eigenvalue weighted by atomic mass is 10.1. The van der Waals surface area contributed by atoms with Crippen molar-refractivity contribution >= 4 is 17.5 Å². The van der Waals surface area contributed by atoms with Gasteiger partial charge in [-0.25, -0.2) is 8.78 Å². The fraction of sp³-hybridized carbons (Fsp3) is 0.292. The molecule has 7 nitrogen and oxygen atoms in total. The van der Waals surface area contributed by atoms with E-state index in [0.29, 0.717) is 18.8 Å². The molecule has 3 aromatic rings. The Hall–Kier alpha value is -3.30. The first-order valence-electron chi connectivity index (χ1n) is 10.5. The van der Waals surface area contributed by atoms with Gasteiger partial charge in [-0.15, -0.1) is 0 Å². The Kier molecular flexibility index (Phi) is 6.18. The van der Waals surface area contributed by atoms with E-state index in [1.807, 2.05) is 6.07 Å². The lowest BCUT2D eigenvalue weighted by molar-refractivity contribution is -0.148. The maximum Gasteiger partial charge on any atom is 0.280 e. The molecule has 10 heteroatoms. The van der Waals surface area contributed by atoms with Crippen molar-refractivity contribution in [3.63, 3.8) is 0 Å². The summed E-state index contributed by atoms with van der Waals surface area (Å²) in [5.74, 6) is -1.75. The molecule has 0 radical (unpaired) electrons. The Labute approximate surface area is 199 Å². The van der Waals surface area contributed by atoms with Gasteiger partial charge in [-0.1, -0.05) is 17.7 Å². The van der Waals surface area contributed by atoms with Crippen LogP contribution in [0.1, 0.15) is 36.4 Å². The standard InChI is InChI=1S/C24H22ClF2N3O4/c1-13-28-21(34-12-15-4-6-17(26)9-19(15)27)20(25)22(31)30(13)18-7-5-14-10-29(11-16(14)8-18)23(32)24(2,3)33/h4-9,33H,10-12H2,1-3H3. The number of aliphatic hydroxyl groups is 1. The summed E-state index contributed by atoms with van der Waals surface area (Å²) in [6.07, 6.45) is 0. The summed E-state index contributed by atoms with van der Waals surface area (Å²) < 4.78 is 33.7. The van der Waals surface area contributed by atoms with Gasteiger partial charge in [0, 0.05) is 24.7 Å². The van der Waals surface area contributed by atoms with Crippen LogP contribution in [0, 0.1) is 18.6 Å². The smallest absolute Gasteiger partial charge is 0.280 e. The van der Waals surface area contributed by atoms with Crippen LogP contribution in [0.5, 0.6) is 5.88 Å². The number of amides is 1. The van der Waals surface area contributed by atoms with E-state index in [-0.39, 0.29) is 34.8 Å². The van der Waals surface area contributed by atoms with Crippen molar-refractivity contribution in [3.8, 4) is 11.6 Å². The predicted molar refractivity (Wildman–Crippen MR) is 121 cm³/mol. The van der Waals surface area contributed by atoms with Gasteiger partial charge in [0.25, 0.3) is 11.5 Å². The summed E-state index contributed by atoms with van der Waals surface area (Å²) in [6.45, 7) is 4.85. The van der Waals surface area contributed by atoms with Gasteiger partial charge < -0.3 is 14.7 Å². The fourth-order valence-electron chi connectivity index (χ4n) is 3.82. The fourth-order valence-corrected chi connectivity index (χ4v) is 4.00. The molecular weight excluding hydrogens is 468 g/mol. The molecule has 0 fully saturated rings. The molecule has 2 aromatic carbocycles. The van der Waals surface area contributed by atoms with Gasteiger partial charge in [0.15, 0.2) is 5.02 Å². The van der Waals surface area contributed by atoms with E-state index < -0.39 is 22.8 Å². The number of aryl methyl sites for hydroxylation is 1. The summed E-state index contributed by atoms with van der Waals surface area (Å²) in [4.78, 5) is 31.2. The number of hydrogen-bond acceptors (Lipinski definition) is 5. The van der Waals surface area contributed by atoms with Crippen LogP contribution in [0.25, 0.3) is 5.69 Å². The largest absolute Gasteiger partial charge is 0.471 e. The minimum Gasteiger partial charge on any atom is -0.471 e. The van der Waals surface area contributed by atoms with Gasteiger partial charge >= 0.3 is 0 Å². The average Bonchev–Trinajstić information content (AvgIpc) is 3.18. The third-order valence-electron chi connectivity index (χ3n) is 5.53. The SMILES string of the molecule is Cc1nc(OCc2ccc(F)cc2F)c(Cl)c(=O)n1-c1ccc2c(c1)CN(C(=O)C(C)(C)O)C2. The number of ether oxygens (including phenoxy) is 1. The molecule has 2 heterocycles. The van der Waals surface area contributed by atoms with Gasteiger partial charge in [0.2, 0.25) is 5.88 Å². The van der Waals surface area contributed by atoms with Crippen molar-refractivity contribution in [3.05, 3.63) is 85.9 Å². The van der Waals surface area contributed by atoms with Crippen molar-refractivity contribution in [1.29, 1.82) is 0 Å². The first-order chi connectivity index (χ1) is 16.0. The van der Waals surface area contributed by atoms with Crippen molar-refractivity contribution in [1.82, 2.24) is 14.5 Å². The molecule has 1 aliphatic heterocycles. The summed E-state index contributed by atoms with van der Waals surface area (Å²) in [5, 5.41) is 9.74. The number of carbonyl (C=O) groups excluding carboxylic acids is 1. The Morgan fingerprint density at radius 2 is 1.88 bits per heavy atom. The number of nitrogens with zero attached hydrogens (tertiary/aromatic N) is 3. The molecule has 1 amide bonds. The van der Waals surface area contributed by atoms with Crippen molar-refractivity contribution in [2.24, 2.45) is 0 Å². The number of rotatable bonds is 5. The average molecular weight is 490 g/mol. The van der Waals surface area contributed by atoms with Crippen LogP contribution in [0.4, 0.5) is 8.78 Å². The zero-order valence-corrected chi connectivity index (χ0v) is 19.5. The van der Waals surface area contributed by atoms with Crippen LogP contribution in [0.15, 0.2) is 41.2 Å². The Balaban J connectivity index is 1.60. The molecular formula is C24H22ClF2N3O4. The van der Waals surface area contributed by atoms with E-state index in [0.717, 1.165) is 23.3 Å². The number of carbonyl (C=O) groups is 1. The summed E-state index contributed by atoms with van der Waals surface area (Å²) in [5.41, 5.74) is 0.278. The topological polar surface area (TPSA) is 84.7 Å². The van der Waals surface area contributed by atoms with Crippen LogP contribution in [0.2, 0.25) is 5.02 Å². The zero-order valence-electron chi connectivity index (χ0n) is 18.7. The molecule has 0 saturated heterocycles. The van der Waals surface area contributed by atoms with Crippen LogP contribution in [-0.2, 0) is 24.5 Å². The lowest BCUT2D eigenvalue weighted by Crippen LogP contribution is -2.42. The molecule has 34 heavy (non-hydrogen) atoms. The van der Waals surface area contributed by atoms with E-state index in [1.54, 1.807) is 24.0 Å². The molecule has 4 rings (SSSR count). The third-order valence-corrected chi connectivity index (χ3v) is 5.85. The normalized spacial score (nSPS) is 13.2. The highest BCUT2D eigenvalue weighted by Crippen LogP contribution is 2.28. The van der Waals surface area contributed by atoms with Crippen molar-refractivity contribution in [2.45, 2.75) is 46.1 Å². The quantitative estimate of drug-likeness (QED) is 0.591. The first-order valence-corrected chi connectivity index (χ1v) is 10.8. The second-order valence-corrected chi connectivity index (χ2v) is 8.99. The molecule has 0 unspecified atom stereocenters. The monoisotopic (exact) mass is 489 g/mol. The predicted octanol–water partition coefficient (Wildman–Crippen LogP) is 3.66. The molecule has 0 spiro atoms. The molecule has 1 aromatic heterocycles. The summed E-state index contributed by atoms with van der Waals surface area (Å²) in [7, 11) is 0. The van der Waals surface area contributed by atoms with E-state index in [9.17, 15) is 23.5 Å². The minimum absolute atomic E-state index is 0.0879. The van der Waals surface area contributed by atoms with Crippen LogP contribution < -0.4 is 10.3 Å². The van der Waals surface area contributed by atoms with E-state index in [1.165, 1.54) is 24.5 Å². The molecule has 0 atom stereocenters. The van der Waals surface area contributed by atoms with E-state index in [2.05, 4.69) is 4.98 Å². The lowest BCUT2D eigenvalue weighted by Gasteiger charge is -2.24. The highest BCUT2D eigenvalue weighted by atomic mass is 35.5. The van der Waals surface area contributed by atoms with E-state index >= 15 is 0 Å². The van der Waals surface area contributed by atoms with Crippen LogP contribution >= 0.6 is 11.6 Å². The summed E-state index contributed by atoms with van der Waals surface area (Å²) >= 11 is 6.23. The van der Waals surface area contributed by atoms with Gasteiger partial charge in [-0.2, -0.15) is 4.98 Å². The van der Waals surface area contributed by atoms with Crippen LogP contribution in [-0.4, -0.2) is 31.1 Å². The molecule has 0 saturated carbocycles. The third kappa shape index (κ3) is 4.53. The Morgan fingerprint density at radius 1 is 1.18 bits per heavy atom. The van der Waals surface area contributed by atoms with Crippen molar-refractivity contribution in [2.75, 3.05) is 0 Å². The van der Waals surface area contributed by atoms with Gasteiger partial charge in [-0.05, 0) is 56.2 Å². The maximum atomic E-state index is 13.9. The molecule has 0 bridgehead atoms. The number of fused-ring (bicyclic) bond motifs is 1. The highest BCUT2D eigenvalue weighted by molar-refractivity contribution is 6.31. The number of halogens is 3. The Morgan fingerprint density at radius 3 is 2.56 bits per heavy atom. The molecule has 178 valence electrons. The zero-order chi connectivity index (χ0) is 24.8. The minimum atomic E-state index is -1.48. The number of hydrogen-bond donors (Lipinski definition) is 1. The van der Waals surface area contributed by atoms with Gasteiger partial charge in [0.1, 0.15) is 29.7 Å². The second kappa shape index (κ2) is 8.81. The summed E-state index contributed by atoms with van der Waals surface area (Å²) in [6, 6.07) is 8.38. The van der Waals surface area contributed by atoms with Gasteiger partial charge in [0.05, 0.1) is 5.69 Å². The Bertz CT molecular complexity index is 1350. The van der Waals surface area contributed by atoms with Crippen LogP contribution in [0.3, 0.4) is 0 Å². The second-order valence-electron chi connectivity index (χ2n) is 8.62. The molecule has 0 aliphatic carbocycles. The van der Waals surface area contributed by atoms with Gasteiger partial charge in [-0.3, -0.25) is 14.2 Å². The molecule has 1 aliphatic rings. The maximum absolute atomic E-state index is 13.9. The number of aromatic nitrogens is 2.